The van der Waals surface area contributed by atoms with E-state index in [-0.39, 0.29) is 12.1 Å². The molecule has 1 atom stereocenters. The molecule has 0 radical (unpaired) electrons. The van der Waals surface area contributed by atoms with Crippen molar-refractivity contribution in [3.63, 3.8) is 0 Å². The quantitative estimate of drug-likeness (QED) is 0.240. The third-order valence-electron chi connectivity index (χ3n) is 2.62. The zero-order valence-electron chi connectivity index (χ0n) is 11.5. The van der Waals surface area contributed by atoms with E-state index in [2.05, 4.69) is 4.74 Å². The number of aryl methyl sites for hydroxylation is 1. The number of carbonyl (C=O) groups is 1. The summed E-state index contributed by atoms with van der Waals surface area (Å²) in [5.74, 6) is 0.642. The Kier molecular flexibility index (Phi) is 7.55. The molecule has 0 saturated carbocycles. The smallest absolute Gasteiger partial charge is 0.305 e. The summed E-state index contributed by atoms with van der Waals surface area (Å²) in [6.07, 6.45) is 0.909. The molecule has 0 N–H and O–H groups in total. The molecule has 0 saturated heterocycles. The lowest BCUT2D eigenvalue weighted by atomic mass is 10.0. The number of methoxy groups -OCH3 is 1. The van der Waals surface area contributed by atoms with Crippen LogP contribution in [0.2, 0.25) is 0 Å². The molecule has 106 valence electrons. The van der Waals surface area contributed by atoms with Crippen molar-refractivity contribution in [2.45, 2.75) is 32.8 Å². The van der Waals surface area contributed by atoms with Gasteiger partial charge in [0.05, 0.1) is 7.11 Å². The van der Waals surface area contributed by atoms with Gasteiger partial charge in [-0.15, -0.1) is 0 Å². The molecule has 0 aromatic heterocycles. The number of hydrogen-bond donors (Lipinski definition) is 0. The summed E-state index contributed by atoms with van der Waals surface area (Å²) in [5, 5.41) is 0. The maximum Gasteiger partial charge on any atom is 0.305 e. The van der Waals surface area contributed by atoms with Crippen molar-refractivity contribution in [1.82, 2.24) is 0 Å². The van der Waals surface area contributed by atoms with Gasteiger partial charge in [0, 0.05) is 24.2 Å². The molecule has 0 aliphatic rings. The number of esters is 1. The second kappa shape index (κ2) is 8.96. The fraction of sp³-hybridized carbons (Fsp3) is 0.500. The van der Waals surface area contributed by atoms with Gasteiger partial charge >= 0.3 is 5.97 Å². The summed E-state index contributed by atoms with van der Waals surface area (Å²) in [4.78, 5) is 16.4. The molecule has 19 heavy (non-hydrogen) atoms. The van der Waals surface area contributed by atoms with E-state index >= 15 is 0 Å². The highest BCUT2D eigenvalue weighted by molar-refractivity contribution is 7.94. The van der Waals surface area contributed by atoms with Crippen molar-refractivity contribution in [2.24, 2.45) is 0 Å². The summed E-state index contributed by atoms with van der Waals surface area (Å²) in [6.45, 7) is 3.92. The fourth-order valence-electron chi connectivity index (χ4n) is 1.54. The van der Waals surface area contributed by atoms with Gasteiger partial charge in [-0.3, -0.25) is 4.79 Å². The molecule has 0 spiro atoms. The summed E-state index contributed by atoms with van der Waals surface area (Å²) >= 11 is 1.27. The van der Waals surface area contributed by atoms with Crippen LogP contribution in [0, 0.1) is 0 Å². The van der Waals surface area contributed by atoms with Crippen LogP contribution < -0.4 is 0 Å². The van der Waals surface area contributed by atoms with E-state index in [1.165, 1.54) is 19.2 Å². The Morgan fingerprint density at radius 2 is 2.21 bits per heavy atom. The van der Waals surface area contributed by atoms with Crippen LogP contribution in [0.15, 0.2) is 24.3 Å². The lowest BCUT2D eigenvalue weighted by Crippen LogP contribution is -2.03. The minimum Gasteiger partial charge on any atom is -0.469 e. The van der Waals surface area contributed by atoms with Crippen molar-refractivity contribution >= 4 is 18.0 Å². The largest absolute Gasteiger partial charge is 0.469 e. The first-order chi connectivity index (χ1) is 9.17. The van der Waals surface area contributed by atoms with E-state index in [1.54, 1.807) is 0 Å². The SMILES string of the molecule is CCSOOC(C)c1cccc(CCC(=O)OC)c1. The molecule has 1 aromatic rings. The molecule has 0 aliphatic heterocycles. The first kappa shape index (κ1) is 16.0. The molecule has 0 aliphatic carbocycles. The predicted molar refractivity (Wildman–Crippen MR) is 75.5 cm³/mol. The highest BCUT2D eigenvalue weighted by Crippen LogP contribution is 2.21. The van der Waals surface area contributed by atoms with Crippen LogP contribution in [0.1, 0.15) is 37.5 Å². The Bertz CT molecular complexity index is 395. The van der Waals surface area contributed by atoms with Crippen LogP contribution in [0.4, 0.5) is 0 Å². The molecule has 1 rings (SSSR count). The van der Waals surface area contributed by atoms with Gasteiger partial charge in [-0.25, -0.2) is 4.89 Å². The molecule has 4 nitrogen and oxygen atoms in total. The van der Waals surface area contributed by atoms with E-state index < -0.39 is 0 Å². The van der Waals surface area contributed by atoms with E-state index in [0.717, 1.165) is 16.9 Å². The maximum absolute atomic E-state index is 11.1. The van der Waals surface area contributed by atoms with E-state index in [1.807, 2.05) is 38.1 Å². The van der Waals surface area contributed by atoms with Crippen molar-refractivity contribution in [3.8, 4) is 0 Å². The Morgan fingerprint density at radius 3 is 2.89 bits per heavy atom. The summed E-state index contributed by atoms with van der Waals surface area (Å²) in [6, 6.07) is 7.94. The minimum atomic E-state index is -0.197. The highest BCUT2D eigenvalue weighted by Gasteiger charge is 2.08. The van der Waals surface area contributed by atoms with Gasteiger partial charge in [0.25, 0.3) is 0 Å². The Morgan fingerprint density at radius 1 is 1.42 bits per heavy atom. The van der Waals surface area contributed by atoms with Gasteiger partial charge in [-0.2, -0.15) is 4.33 Å². The number of rotatable bonds is 8. The zero-order valence-corrected chi connectivity index (χ0v) is 12.4. The molecular formula is C14H20O4S. The Hall–Kier alpha value is -1.04. The number of carbonyl (C=O) groups excluding carboxylic acids is 1. The second-order valence-corrected chi connectivity index (χ2v) is 4.98. The van der Waals surface area contributed by atoms with Crippen LogP contribution in [0.25, 0.3) is 0 Å². The third-order valence-corrected chi connectivity index (χ3v) is 3.03. The summed E-state index contributed by atoms with van der Waals surface area (Å²) in [5.41, 5.74) is 2.11. The van der Waals surface area contributed by atoms with E-state index in [0.29, 0.717) is 12.8 Å². The molecule has 1 unspecified atom stereocenters. The van der Waals surface area contributed by atoms with Crippen LogP contribution >= 0.6 is 12.0 Å². The van der Waals surface area contributed by atoms with Crippen LogP contribution in [0.5, 0.6) is 0 Å². The molecule has 0 fully saturated rings. The van der Waals surface area contributed by atoms with Gasteiger partial charge in [0.1, 0.15) is 6.10 Å². The topological polar surface area (TPSA) is 44.8 Å². The standard InChI is InChI=1S/C14H20O4S/c1-4-19-18-17-11(2)13-7-5-6-12(10-13)8-9-14(15)16-3/h5-7,10-11H,4,8-9H2,1-3H3. The first-order valence-electron chi connectivity index (χ1n) is 6.28. The summed E-state index contributed by atoms with van der Waals surface area (Å²) < 4.78 is 9.63. The highest BCUT2D eigenvalue weighted by atomic mass is 32.2. The van der Waals surface area contributed by atoms with Gasteiger partial charge in [-0.05, 0) is 24.5 Å². The van der Waals surface area contributed by atoms with Crippen LogP contribution in [-0.2, 0) is 25.2 Å². The molecule has 0 amide bonds. The van der Waals surface area contributed by atoms with Crippen LogP contribution in [0.3, 0.4) is 0 Å². The van der Waals surface area contributed by atoms with E-state index in [9.17, 15) is 4.79 Å². The van der Waals surface area contributed by atoms with Gasteiger partial charge in [-0.1, -0.05) is 31.2 Å². The summed E-state index contributed by atoms with van der Waals surface area (Å²) in [7, 11) is 1.40. The maximum atomic E-state index is 11.1. The van der Waals surface area contributed by atoms with Crippen molar-refractivity contribution in [3.05, 3.63) is 35.4 Å². The third kappa shape index (κ3) is 6.09. The molecule has 0 bridgehead atoms. The van der Waals surface area contributed by atoms with Crippen molar-refractivity contribution < 1.29 is 18.8 Å². The normalized spacial score (nSPS) is 12.2. The number of hydrogen-bond acceptors (Lipinski definition) is 5. The zero-order chi connectivity index (χ0) is 14.1. The van der Waals surface area contributed by atoms with Gasteiger partial charge < -0.3 is 4.74 Å². The molecule has 1 aromatic carbocycles. The van der Waals surface area contributed by atoms with Crippen molar-refractivity contribution in [1.29, 1.82) is 0 Å². The monoisotopic (exact) mass is 284 g/mol. The van der Waals surface area contributed by atoms with E-state index in [4.69, 9.17) is 9.22 Å². The van der Waals surface area contributed by atoms with Crippen LogP contribution in [-0.4, -0.2) is 18.8 Å². The fourth-order valence-corrected chi connectivity index (χ4v) is 1.81. The molecule has 0 heterocycles. The first-order valence-corrected chi connectivity index (χ1v) is 7.19. The lowest BCUT2D eigenvalue weighted by Gasteiger charge is -2.12. The number of benzene rings is 1. The van der Waals surface area contributed by atoms with Crippen molar-refractivity contribution in [2.75, 3.05) is 12.9 Å². The second-order valence-electron chi connectivity index (χ2n) is 4.03. The lowest BCUT2D eigenvalue weighted by molar-refractivity contribution is -0.228. The van der Waals surface area contributed by atoms with Gasteiger partial charge in [0.15, 0.2) is 0 Å². The average molecular weight is 284 g/mol. The van der Waals surface area contributed by atoms with Gasteiger partial charge in [0.2, 0.25) is 0 Å². The average Bonchev–Trinajstić information content (AvgIpc) is 2.45. The number of ether oxygens (including phenoxy) is 1. The Labute approximate surface area is 118 Å². The molecule has 5 heteroatoms. The predicted octanol–water partition coefficient (Wildman–Crippen LogP) is 3.47. The molecular weight excluding hydrogens is 264 g/mol. The minimum absolute atomic E-state index is 0.142. The Balaban J connectivity index is 2.53.